The number of Topliss-reactive ketones (excluding diaryl/α,β-unsaturated/α-hetero) is 1. The molecule has 1 atom stereocenters. The van der Waals surface area contributed by atoms with E-state index in [0.29, 0.717) is 17.8 Å². The summed E-state index contributed by atoms with van der Waals surface area (Å²) >= 11 is 1.57. The number of pyridine rings is 1. The third-order valence-corrected chi connectivity index (χ3v) is 5.82. The summed E-state index contributed by atoms with van der Waals surface area (Å²) in [4.78, 5) is 36.2. The van der Waals surface area contributed by atoms with E-state index < -0.39 is 0 Å². The number of fused-ring (bicyclic) bond motifs is 1. The van der Waals surface area contributed by atoms with Gasteiger partial charge in [0.2, 0.25) is 5.91 Å². The molecule has 3 heterocycles. The number of ketones is 1. The Balaban J connectivity index is 1.44. The Morgan fingerprint density at radius 3 is 2.78 bits per heavy atom. The molecule has 1 fully saturated rings. The molecule has 0 saturated carbocycles. The summed E-state index contributed by atoms with van der Waals surface area (Å²) in [6.45, 7) is 3.08. The Morgan fingerprint density at radius 1 is 1.22 bits per heavy atom. The van der Waals surface area contributed by atoms with Gasteiger partial charge >= 0.3 is 0 Å². The monoisotopic (exact) mass is 380 g/mol. The molecule has 138 valence electrons. The van der Waals surface area contributed by atoms with Gasteiger partial charge in [-0.2, -0.15) is 0 Å². The molecule has 27 heavy (non-hydrogen) atoms. The molecular weight excluding hydrogens is 360 g/mol. The number of amides is 1. The second kappa shape index (κ2) is 7.44. The number of nitrogens with one attached hydrogen (secondary N) is 1. The first-order valence-electron chi connectivity index (χ1n) is 8.98. The van der Waals surface area contributed by atoms with Crippen LogP contribution < -0.4 is 10.2 Å². The lowest BCUT2D eigenvalue weighted by molar-refractivity contribution is -0.120. The summed E-state index contributed by atoms with van der Waals surface area (Å²) in [6, 6.07) is 10.9. The summed E-state index contributed by atoms with van der Waals surface area (Å²) in [7, 11) is 0. The van der Waals surface area contributed by atoms with Crippen molar-refractivity contribution in [2.24, 2.45) is 5.92 Å². The zero-order valence-electron chi connectivity index (χ0n) is 15.0. The van der Waals surface area contributed by atoms with Crippen LogP contribution in [0.15, 0.2) is 42.6 Å². The quantitative estimate of drug-likeness (QED) is 0.698. The molecule has 1 aliphatic heterocycles. The first-order valence-corrected chi connectivity index (χ1v) is 9.80. The second-order valence-electron chi connectivity index (χ2n) is 6.73. The maximum Gasteiger partial charge on any atom is 0.229 e. The lowest BCUT2D eigenvalue weighted by Crippen LogP contribution is -2.40. The van der Waals surface area contributed by atoms with Crippen molar-refractivity contribution in [3.63, 3.8) is 0 Å². The van der Waals surface area contributed by atoms with Crippen LogP contribution in [0, 0.1) is 5.92 Å². The van der Waals surface area contributed by atoms with Gasteiger partial charge in [0.1, 0.15) is 10.3 Å². The number of piperidine rings is 1. The largest absolute Gasteiger partial charge is 0.347 e. The fourth-order valence-electron chi connectivity index (χ4n) is 3.29. The van der Waals surface area contributed by atoms with Crippen LogP contribution in [0.25, 0.3) is 10.3 Å². The summed E-state index contributed by atoms with van der Waals surface area (Å²) < 4.78 is 0. The lowest BCUT2D eigenvalue weighted by atomic mass is 9.97. The third-order valence-electron chi connectivity index (χ3n) is 4.78. The van der Waals surface area contributed by atoms with Crippen LogP contribution in [0.5, 0.6) is 0 Å². The van der Waals surface area contributed by atoms with Gasteiger partial charge in [0, 0.05) is 30.5 Å². The Bertz CT molecular complexity index is 950. The molecule has 2 aromatic heterocycles. The fraction of sp³-hybridized carbons (Fsp3) is 0.300. The predicted molar refractivity (Wildman–Crippen MR) is 107 cm³/mol. The van der Waals surface area contributed by atoms with Gasteiger partial charge in [-0.25, -0.2) is 9.97 Å². The van der Waals surface area contributed by atoms with E-state index in [1.807, 2.05) is 12.1 Å². The van der Waals surface area contributed by atoms with Crippen molar-refractivity contribution in [2.45, 2.75) is 19.8 Å². The number of aromatic nitrogens is 2. The molecule has 1 N–H and O–H groups in total. The zero-order chi connectivity index (χ0) is 18.8. The molecule has 0 radical (unpaired) electrons. The van der Waals surface area contributed by atoms with Crippen molar-refractivity contribution in [1.82, 2.24) is 9.97 Å². The highest BCUT2D eigenvalue weighted by Crippen LogP contribution is 2.30. The number of rotatable bonds is 4. The SMILES string of the molecule is CC(=O)c1ccc(NC(=O)[C@@H]2CCCN(c3nc4cccnc4s3)C2)cc1. The summed E-state index contributed by atoms with van der Waals surface area (Å²) in [5.74, 6) is -0.0677. The molecule has 0 aliphatic carbocycles. The van der Waals surface area contributed by atoms with E-state index in [-0.39, 0.29) is 17.6 Å². The molecule has 1 amide bonds. The number of carbonyl (C=O) groups excluding carboxylic acids is 2. The topological polar surface area (TPSA) is 75.2 Å². The van der Waals surface area contributed by atoms with E-state index in [1.165, 1.54) is 6.92 Å². The molecule has 1 aliphatic rings. The van der Waals surface area contributed by atoms with E-state index in [0.717, 1.165) is 34.9 Å². The van der Waals surface area contributed by atoms with Crippen LogP contribution in [0.3, 0.4) is 0 Å². The standard InChI is InChI=1S/C20H20N4O2S/c1-13(25)14-6-8-16(9-7-14)22-18(26)15-4-3-11-24(12-15)20-23-17-5-2-10-21-19(17)27-20/h2,5-10,15H,3-4,11-12H2,1H3,(H,22,26)/t15-/m1/s1. The van der Waals surface area contributed by atoms with Crippen LogP contribution in [0.1, 0.15) is 30.1 Å². The summed E-state index contributed by atoms with van der Waals surface area (Å²) in [6.07, 6.45) is 3.58. The second-order valence-corrected chi connectivity index (χ2v) is 7.69. The van der Waals surface area contributed by atoms with Crippen LogP contribution >= 0.6 is 11.3 Å². The van der Waals surface area contributed by atoms with E-state index in [2.05, 4.69) is 20.2 Å². The first kappa shape index (κ1) is 17.6. The third kappa shape index (κ3) is 3.83. The van der Waals surface area contributed by atoms with Crippen molar-refractivity contribution >= 4 is 44.2 Å². The molecule has 0 unspecified atom stereocenters. The molecular formula is C20H20N4O2S. The number of carbonyl (C=O) groups is 2. The molecule has 3 aromatic rings. The lowest BCUT2D eigenvalue weighted by Gasteiger charge is -2.31. The maximum atomic E-state index is 12.7. The Hall–Kier alpha value is -2.80. The van der Waals surface area contributed by atoms with Crippen molar-refractivity contribution in [1.29, 1.82) is 0 Å². The molecule has 4 rings (SSSR count). The number of anilines is 2. The number of thiazole rings is 1. The van der Waals surface area contributed by atoms with Gasteiger partial charge in [-0.1, -0.05) is 11.3 Å². The predicted octanol–water partition coefficient (Wildman–Crippen LogP) is 3.75. The van der Waals surface area contributed by atoms with Crippen molar-refractivity contribution in [2.75, 3.05) is 23.3 Å². The van der Waals surface area contributed by atoms with Gasteiger partial charge in [-0.3, -0.25) is 9.59 Å². The zero-order valence-corrected chi connectivity index (χ0v) is 15.8. The van der Waals surface area contributed by atoms with Crippen molar-refractivity contribution in [3.05, 3.63) is 48.2 Å². The molecule has 0 spiro atoms. The Morgan fingerprint density at radius 2 is 2.04 bits per heavy atom. The average Bonchev–Trinajstić information content (AvgIpc) is 3.13. The average molecular weight is 380 g/mol. The van der Waals surface area contributed by atoms with Gasteiger partial charge in [-0.15, -0.1) is 0 Å². The molecule has 1 saturated heterocycles. The fourth-order valence-corrected chi connectivity index (χ4v) is 4.23. The van der Waals surface area contributed by atoms with Crippen LogP contribution in [-0.2, 0) is 4.79 Å². The van der Waals surface area contributed by atoms with Gasteiger partial charge in [0.15, 0.2) is 10.9 Å². The van der Waals surface area contributed by atoms with Gasteiger partial charge in [0.25, 0.3) is 0 Å². The molecule has 6 nitrogen and oxygen atoms in total. The normalized spacial score (nSPS) is 17.1. The van der Waals surface area contributed by atoms with E-state index in [9.17, 15) is 9.59 Å². The highest BCUT2D eigenvalue weighted by atomic mass is 32.1. The number of nitrogens with zero attached hydrogens (tertiary/aromatic N) is 3. The summed E-state index contributed by atoms with van der Waals surface area (Å²) in [5.41, 5.74) is 2.25. The first-order chi connectivity index (χ1) is 13.1. The van der Waals surface area contributed by atoms with Crippen molar-refractivity contribution in [3.8, 4) is 0 Å². The maximum absolute atomic E-state index is 12.7. The highest BCUT2D eigenvalue weighted by Gasteiger charge is 2.27. The molecule has 7 heteroatoms. The van der Waals surface area contributed by atoms with Crippen LogP contribution in [0.4, 0.5) is 10.8 Å². The Labute approximate surface area is 161 Å². The minimum absolute atomic E-state index is 0.00881. The van der Waals surface area contributed by atoms with Crippen molar-refractivity contribution < 1.29 is 9.59 Å². The number of hydrogen-bond acceptors (Lipinski definition) is 6. The van der Waals surface area contributed by atoms with E-state index in [1.54, 1.807) is 41.8 Å². The minimum Gasteiger partial charge on any atom is -0.347 e. The smallest absolute Gasteiger partial charge is 0.229 e. The Kier molecular flexibility index (Phi) is 4.85. The van der Waals surface area contributed by atoms with Crippen LogP contribution in [-0.4, -0.2) is 34.7 Å². The van der Waals surface area contributed by atoms with E-state index >= 15 is 0 Å². The van der Waals surface area contributed by atoms with Crippen LogP contribution in [0.2, 0.25) is 0 Å². The van der Waals surface area contributed by atoms with E-state index in [4.69, 9.17) is 0 Å². The highest BCUT2D eigenvalue weighted by molar-refractivity contribution is 7.21. The minimum atomic E-state index is -0.0915. The molecule has 0 bridgehead atoms. The number of hydrogen-bond donors (Lipinski definition) is 1. The number of benzene rings is 1. The van der Waals surface area contributed by atoms with Gasteiger partial charge < -0.3 is 10.2 Å². The summed E-state index contributed by atoms with van der Waals surface area (Å²) in [5, 5.41) is 3.89. The van der Waals surface area contributed by atoms with Gasteiger partial charge in [0.05, 0.1) is 5.92 Å². The molecule has 1 aromatic carbocycles. The van der Waals surface area contributed by atoms with Gasteiger partial charge in [-0.05, 0) is 56.2 Å².